The lowest BCUT2D eigenvalue weighted by Gasteiger charge is -2.12. The third-order valence-electron chi connectivity index (χ3n) is 3.88. The summed E-state index contributed by atoms with van der Waals surface area (Å²) < 4.78 is 10.1. The SMILES string of the molecule is COc1ccc(NC(C)=O)cc1NC(=O)COC(=O)CCC(=O)c1ccc(Cl)cc1. The van der Waals surface area contributed by atoms with Crippen molar-refractivity contribution in [1.82, 2.24) is 0 Å². The van der Waals surface area contributed by atoms with Crippen LogP contribution >= 0.6 is 11.6 Å². The van der Waals surface area contributed by atoms with Gasteiger partial charge in [-0.1, -0.05) is 11.6 Å². The number of carbonyl (C=O) groups excluding carboxylic acids is 4. The van der Waals surface area contributed by atoms with Gasteiger partial charge in [0.15, 0.2) is 12.4 Å². The molecule has 2 aromatic rings. The molecular weight excluding hydrogens is 412 g/mol. The van der Waals surface area contributed by atoms with Crippen molar-refractivity contribution in [2.45, 2.75) is 19.8 Å². The van der Waals surface area contributed by atoms with Crippen molar-refractivity contribution in [2.24, 2.45) is 0 Å². The number of ketones is 1. The Balaban J connectivity index is 1.83. The molecule has 0 atom stereocenters. The third kappa shape index (κ3) is 7.21. The smallest absolute Gasteiger partial charge is 0.306 e. The van der Waals surface area contributed by atoms with E-state index in [1.54, 1.807) is 36.4 Å². The first-order valence-electron chi connectivity index (χ1n) is 8.98. The first-order valence-corrected chi connectivity index (χ1v) is 9.36. The molecule has 0 bridgehead atoms. The predicted molar refractivity (Wildman–Crippen MR) is 112 cm³/mol. The topological polar surface area (TPSA) is 111 Å². The summed E-state index contributed by atoms with van der Waals surface area (Å²) in [6, 6.07) is 11.0. The standard InChI is InChI=1S/C21H21ClN2O6/c1-13(25)23-16-7-9-19(29-2)17(11-16)24-20(27)12-30-21(28)10-8-18(26)14-3-5-15(22)6-4-14/h3-7,9,11H,8,10,12H2,1-2H3,(H,23,25)(H,24,27). The van der Waals surface area contributed by atoms with Crippen molar-refractivity contribution < 1.29 is 28.7 Å². The Morgan fingerprint density at radius 3 is 2.30 bits per heavy atom. The minimum absolute atomic E-state index is 0.0470. The third-order valence-corrected chi connectivity index (χ3v) is 4.13. The molecule has 2 rings (SSSR count). The Bertz CT molecular complexity index is 943. The van der Waals surface area contributed by atoms with Crippen molar-refractivity contribution >= 4 is 46.5 Å². The summed E-state index contributed by atoms with van der Waals surface area (Å²) >= 11 is 5.77. The van der Waals surface area contributed by atoms with E-state index >= 15 is 0 Å². The number of nitrogens with one attached hydrogen (secondary N) is 2. The predicted octanol–water partition coefficient (Wildman–Crippen LogP) is 3.45. The van der Waals surface area contributed by atoms with Crippen molar-refractivity contribution in [1.29, 1.82) is 0 Å². The van der Waals surface area contributed by atoms with Crippen LogP contribution < -0.4 is 15.4 Å². The van der Waals surface area contributed by atoms with Crippen molar-refractivity contribution in [3.63, 3.8) is 0 Å². The van der Waals surface area contributed by atoms with E-state index in [2.05, 4.69) is 10.6 Å². The maximum Gasteiger partial charge on any atom is 0.306 e. The van der Waals surface area contributed by atoms with E-state index in [0.717, 1.165) is 0 Å². The molecule has 2 N–H and O–H groups in total. The summed E-state index contributed by atoms with van der Waals surface area (Å²) in [7, 11) is 1.43. The highest BCUT2D eigenvalue weighted by molar-refractivity contribution is 6.30. The molecule has 0 radical (unpaired) electrons. The zero-order chi connectivity index (χ0) is 22.1. The lowest BCUT2D eigenvalue weighted by atomic mass is 10.1. The maximum atomic E-state index is 12.1. The van der Waals surface area contributed by atoms with Crippen LogP contribution in [0.3, 0.4) is 0 Å². The van der Waals surface area contributed by atoms with Crippen LogP contribution in [0.1, 0.15) is 30.1 Å². The zero-order valence-electron chi connectivity index (χ0n) is 16.5. The first kappa shape index (κ1) is 22.9. The summed E-state index contributed by atoms with van der Waals surface area (Å²) in [5.41, 5.74) is 1.22. The normalized spacial score (nSPS) is 10.1. The molecule has 0 aliphatic carbocycles. The Morgan fingerprint density at radius 2 is 1.67 bits per heavy atom. The average molecular weight is 433 g/mol. The molecular formula is C21H21ClN2O6. The molecule has 158 valence electrons. The highest BCUT2D eigenvalue weighted by Crippen LogP contribution is 2.27. The van der Waals surface area contributed by atoms with Crippen LogP contribution in [-0.2, 0) is 19.1 Å². The second-order valence-corrected chi connectivity index (χ2v) is 6.67. The minimum Gasteiger partial charge on any atom is -0.495 e. The number of anilines is 2. The number of rotatable bonds is 9. The van der Waals surface area contributed by atoms with Gasteiger partial charge in [-0.2, -0.15) is 0 Å². The van der Waals surface area contributed by atoms with Crippen LogP contribution in [0.5, 0.6) is 5.75 Å². The highest BCUT2D eigenvalue weighted by atomic mass is 35.5. The summed E-state index contributed by atoms with van der Waals surface area (Å²) in [6.45, 7) is 0.834. The maximum absolute atomic E-state index is 12.1. The van der Waals surface area contributed by atoms with Crippen LogP contribution in [0.15, 0.2) is 42.5 Å². The van der Waals surface area contributed by atoms with Crippen LogP contribution in [0.25, 0.3) is 0 Å². The molecule has 0 aromatic heterocycles. The van der Waals surface area contributed by atoms with Crippen LogP contribution in [-0.4, -0.2) is 37.3 Å². The Labute approximate surface area is 178 Å². The molecule has 0 saturated carbocycles. The Hall–Kier alpha value is -3.39. The molecule has 0 fully saturated rings. The largest absolute Gasteiger partial charge is 0.495 e. The van der Waals surface area contributed by atoms with E-state index in [1.807, 2.05) is 0 Å². The number of amides is 2. The Kier molecular flexibility index (Phi) is 8.37. The van der Waals surface area contributed by atoms with Crippen LogP contribution in [0.2, 0.25) is 5.02 Å². The number of hydrogen-bond acceptors (Lipinski definition) is 6. The van der Waals surface area contributed by atoms with E-state index in [4.69, 9.17) is 21.1 Å². The molecule has 0 unspecified atom stereocenters. The summed E-state index contributed by atoms with van der Waals surface area (Å²) in [5.74, 6) is -1.39. The lowest BCUT2D eigenvalue weighted by Crippen LogP contribution is -2.21. The van der Waals surface area contributed by atoms with Gasteiger partial charge in [0.2, 0.25) is 5.91 Å². The zero-order valence-corrected chi connectivity index (χ0v) is 17.2. The fourth-order valence-electron chi connectivity index (χ4n) is 2.49. The number of Topliss-reactive ketones (excluding diaryl/α,β-unsaturated/α-hetero) is 1. The van der Waals surface area contributed by atoms with Gasteiger partial charge < -0.3 is 20.1 Å². The van der Waals surface area contributed by atoms with Gasteiger partial charge in [-0.15, -0.1) is 0 Å². The van der Waals surface area contributed by atoms with Gasteiger partial charge in [-0.05, 0) is 42.5 Å². The highest BCUT2D eigenvalue weighted by Gasteiger charge is 2.14. The van der Waals surface area contributed by atoms with Gasteiger partial charge in [0.1, 0.15) is 5.75 Å². The summed E-state index contributed by atoms with van der Waals surface area (Å²) in [5, 5.41) is 5.66. The van der Waals surface area contributed by atoms with E-state index in [-0.39, 0.29) is 24.5 Å². The second-order valence-electron chi connectivity index (χ2n) is 6.24. The van der Waals surface area contributed by atoms with Gasteiger partial charge in [-0.25, -0.2) is 0 Å². The summed E-state index contributed by atoms with van der Waals surface area (Å²) in [6.07, 6.45) is -0.204. The molecule has 2 aromatic carbocycles. The molecule has 0 aliphatic rings. The van der Waals surface area contributed by atoms with Crippen molar-refractivity contribution in [3.05, 3.63) is 53.1 Å². The molecule has 2 amide bonds. The molecule has 0 saturated heterocycles. The fourth-order valence-corrected chi connectivity index (χ4v) is 2.61. The van der Waals surface area contributed by atoms with Gasteiger partial charge in [0.05, 0.1) is 19.2 Å². The Morgan fingerprint density at radius 1 is 0.967 bits per heavy atom. The van der Waals surface area contributed by atoms with Gasteiger partial charge in [0.25, 0.3) is 5.91 Å². The molecule has 0 heterocycles. The van der Waals surface area contributed by atoms with Gasteiger partial charge in [-0.3, -0.25) is 19.2 Å². The quantitative estimate of drug-likeness (QED) is 0.463. The number of halogens is 1. The first-order chi connectivity index (χ1) is 14.3. The van der Waals surface area contributed by atoms with Gasteiger partial charge in [0, 0.05) is 29.6 Å². The van der Waals surface area contributed by atoms with Crippen molar-refractivity contribution in [2.75, 3.05) is 24.4 Å². The minimum atomic E-state index is -0.675. The fraction of sp³-hybridized carbons (Fsp3) is 0.238. The number of benzene rings is 2. The molecule has 30 heavy (non-hydrogen) atoms. The number of esters is 1. The second kappa shape index (κ2) is 11.0. The van der Waals surface area contributed by atoms with Gasteiger partial charge >= 0.3 is 5.97 Å². The van der Waals surface area contributed by atoms with Crippen LogP contribution in [0, 0.1) is 0 Å². The molecule has 8 nitrogen and oxygen atoms in total. The molecule has 9 heteroatoms. The molecule has 0 aliphatic heterocycles. The van der Waals surface area contributed by atoms with E-state index in [1.165, 1.54) is 20.1 Å². The van der Waals surface area contributed by atoms with E-state index < -0.39 is 18.5 Å². The number of hydrogen-bond donors (Lipinski definition) is 2. The number of ether oxygens (including phenoxy) is 2. The van der Waals surface area contributed by atoms with Crippen molar-refractivity contribution in [3.8, 4) is 5.75 Å². The molecule has 0 spiro atoms. The summed E-state index contributed by atoms with van der Waals surface area (Å²) in [4.78, 5) is 47.2. The average Bonchev–Trinajstić information content (AvgIpc) is 2.71. The number of methoxy groups -OCH3 is 1. The van der Waals surface area contributed by atoms with Crippen LogP contribution in [0.4, 0.5) is 11.4 Å². The lowest BCUT2D eigenvalue weighted by molar-refractivity contribution is -0.147. The number of carbonyl (C=O) groups is 4. The monoisotopic (exact) mass is 432 g/mol. The van der Waals surface area contributed by atoms with E-state index in [0.29, 0.717) is 27.7 Å². The van der Waals surface area contributed by atoms with E-state index in [9.17, 15) is 19.2 Å².